The molecule has 1 aromatic heterocycles. The minimum absolute atomic E-state index is 0.104. The van der Waals surface area contributed by atoms with Crippen molar-refractivity contribution < 1.29 is 4.79 Å². The third-order valence-corrected chi connectivity index (χ3v) is 4.92. The normalized spacial score (nSPS) is 24.4. The molecule has 1 saturated carbocycles. The maximum Gasteiger partial charge on any atom is 0.274 e. The lowest BCUT2D eigenvalue weighted by atomic mass is 9.55. The van der Waals surface area contributed by atoms with Crippen molar-refractivity contribution in [1.82, 2.24) is 15.1 Å². The van der Waals surface area contributed by atoms with Gasteiger partial charge < -0.3 is 4.90 Å². The van der Waals surface area contributed by atoms with Crippen LogP contribution >= 0.6 is 0 Å². The number of carbonyl (C=O) groups is 1. The first-order chi connectivity index (χ1) is 9.07. The topological polar surface area (TPSA) is 49.0 Å². The van der Waals surface area contributed by atoms with Gasteiger partial charge in [-0.15, -0.1) is 0 Å². The highest BCUT2D eigenvalue weighted by Crippen LogP contribution is 2.55. The summed E-state index contributed by atoms with van der Waals surface area (Å²) in [5, 5.41) is 7.09. The van der Waals surface area contributed by atoms with Crippen LogP contribution in [0.25, 0.3) is 0 Å². The summed E-state index contributed by atoms with van der Waals surface area (Å²) in [4.78, 5) is 14.6. The molecule has 3 rings (SSSR count). The highest BCUT2D eigenvalue weighted by Gasteiger charge is 2.58. The molecule has 1 aromatic rings. The Kier molecular flexibility index (Phi) is 2.91. The van der Waals surface area contributed by atoms with Crippen molar-refractivity contribution in [2.75, 3.05) is 6.54 Å². The van der Waals surface area contributed by atoms with E-state index >= 15 is 0 Å². The number of aryl methyl sites for hydroxylation is 1. The second-order valence-electron chi connectivity index (χ2n) is 6.47. The Balaban J connectivity index is 1.77. The van der Waals surface area contributed by atoms with Gasteiger partial charge in [-0.3, -0.25) is 9.89 Å². The van der Waals surface area contributed by atoms with Crippen LogP contribution in [0.15, 0.2) is 6.07 Å². The summed E-state index contributed by atoms with van der Waals surface area (Å²) in [6, 6.07) is 2.31. The lowest BCUT2D eigenvalue weighted by Crippen LogP contribution is -2.70. The van der Waals surface area contributed by atoms with Crippen molar-refractivity contribution in [1.29, 1.82) is 0 Å². The van der Waals surface area contributed by atoms with E-state index in [2.05, 4.69) is 31.0 Å². The Morgan fingerprint density at radius 2 is 2.32 bits per heavy atom. The Hall–Kier alpha value is -1.32. The van der Waals surface area contributed by atoms with E-state index < -0.39 is 0 Å². The van der Waals surface area contributed by atoms with E-state index in [1.165, 1.54) is 19.3 Å². The van der Waals surface area contributed by atoms with Crippen LogP contribution in [0.1, 0.15) is 56.2 Å². The zero-order chi connectivity index (χ0) is 13.6. The van der Waals surface area contributed by atoms with Gasteiger partial charge in [0.2, 0.25) is 0 Å². The zero-order valence-corrected chi connectivity index (χ0v) is 12.1. The Bertz CT molecular complexity index is 487. The van der Waals surface area contributed by atoms with Gasteiger partial charge in [0.15, 0.2) is 0 Å². The number of aromatic nitrogens is 2. The van der Waals surface area contributed by atoms with Gasteiger partial charge in [0.25, 0.3) is 5.91 Å². The third-order valence-electron chi connectivity index (χ3n) is 4.92. The van der Waals surface area contributed by atoms with Gasteiger partial charge in [-0.2, -0.15) is 5.10 Å². The second-order valence-corrected chi connectivity index (χ2v) is 6.47. The van der Waals surface area contributed by atoms with E-state index in [0.717, 1.165) is 18.7 Å². The molecule has 19 heavy (non-hydrogen) atoms. The molecule has 1 amide bonds. The van der Waals surface area contributed by atoms with Crippen LogP contribution in [0.4, 0.5) is 0 Å². The van der Waals surface area contributed by atoms with E-state index in [9.17, 15) is 4.79 Å². The van der Waals surface area contributed by atoms with Crippen LogP contribution in [0, 0.1) is 11.3 Å². The Labute approximate surface area is 114 Å². The van der Waals surface area contributed by atoms with Crippen LogP contribution < -0.4 is 0 Å². The van der Waals surface area contributed by atoms with Crippen molar-refractivity contribution in [3.63, 3.8) is 0 Å². The van der Waals surface area contributed by atoms with Gasteiger partial charge in [-0.1, -0.05) is 27.2 Å². The minimum Gasteiger partial charge on any atom is -0.333 e. The van der Waals surface area contributed by atoms with E-state index in [0.29, 0.717) is 23.1 Å². The van der Waals surface area contributed by atoms with E-state index in [1.807, 2.05) is 11.0 Å². The smallest absolute Gasteiger partial charge is 0.274 e. The first kappa shape index (κ1) is 12.7. The number of hydrogen-bond acceptors (Lipinski definition) is 2. The molecule has 2 fully saturated rings. The maximum atomic E-state index is 12.5. The number of aromatic amines is 1. The summed E-state index contributed by atoms with van der Waals surface area (Å²) in [7, 11) is 0. The summed E-state index contributed by atoms with van der Waals surface area (Å²) in [5.74, 6) is 0.634. The van der Waals surface area contributed by atoms with Crippen molar-refractivity contribution in [2.45, 2.75) is 52.5 Å². The monoisotopic (exact) mass is 261 g/mol. The van der Waals surface area contributed by atoms with Gasteiger partial charge in [0.05, 0.1) is 0 Å². The van der Waals surface area contributed by atoms with Crippen LogP contribution in [0.5, 0.6) is 0 Å². The Morgan fingerprint density at radius 3 is 2.79 bits per heavy atom. The number of hydrogen-bond donors (Lipinski definition) is 1. The summed E-state index contributed by atoms with van der Waals surface area (Å²) in [6.07, 6.45) is 4.80. The fourth-order valence-electron chi connectivity index (χ4n) is 3.90. The number of H-pyrrole nitrogens is 1. The molecule has 0 aromatic carbocycles. The summed E-state index contributed by atoms with van der Waals surface area (Å²) < 4.78 is 0. The van der Waals surface area contributed by atoms with Crippen LogP contribution in [0.2, 0.25) is 0 Å². The van der Waals surface area contributed by atoms with Gasteiger partial charge in [0, 0.05) is 23.7 Å². The SMILES string of the molecule is CCc1cc(C(=O)N2CC3(CCC3)C2C(C)C)n[nH]1. The molecule has 1 N–H and O–H groups in total. The predicted molar refractivity (Wildman–Crippen MR) is 73.9 cm³/mol. The second kappa shape index (κ2) is 4.36. The molecule has 1 unspecified atom stereocenters. The van der Waals surface area contributed by atoms with E-state index in [4.69, 9.17) is 0 Å². The molecule has 0 radical (unpaired) electrons. The molecule has 1 saturated heterocycles. The average Bonchev–Trinajstić information content (AvgIpc) is 2.73. The highest BCUT2D eigenvalue weighted by atomic mass is 16.2. The summed E-state index contributed by atoms with van der Waals surface area (Å²) in [5.41, 5.74) is 2.05. The molecule has 1 aliphatic heterocycles. The average molecular weight is 261 g/mol. The third kappa shape index (κ3) is 1.80. The predicted octanol–water partition coefficient (Wildman–Crippen LogP) is 2.62. The zero-order valence-electron chi connectivity index (χ0n) is 12.1. The molecule has 2 aliphatic rings. The molecule has 1 atom stereocenters. The van der Waals surface area contributed by atoms with Gasteiger partial charge in [-0.05, 0) is 31.2 Å². The molecular formula is C15H23N3O. The number of likely N-dealkylation sites (tertiary alicyclic amines) is 1. The Morgan fingerprint density at radius 1 is 1.58 bits per heavy atom. The van der Waals surface area contributed by atoms with Crippen LogP contribution in [-0.4, -0.2) is 33.6 Å². The molecule has 104 valence electrons. The van der Waals surface area contributed by atoms with E-state index in [-0.39, 0.29) is 5.91 Å². The van der Waals surface area contributed by atoms with Crippen LogP contribution in [0.3, 0.4) is 0 Å². The fourth-order valence-corrected chi connectivity index (χ4v) is 3.90. The molecular weight excluding hydrogens is 238 g/mol. The molecule has 4 heteroatoms. The van der Waals surface area contributed by atoms with Crippen LogP contribution in [-0.2, 0) is 6.42 Å². The molecule has 1 spiro atoms. The largest absolute Gasteiger partial charge is 0.333 e. The van der Waals surface area contributed by atoms with Gasteiger partial charge in [0.1, 0.15) is 5.69 Å². The van der Waals surface area contributed by atoms with E-state index in [1.54, 1.807) is 0 Å². The molecule has 2 heterocycles. The lowest BCUT2D eigenvalue weighted by Gasteiger charge is -2.63. The van der Waals surface area contributed by atoms with Gasteiger partial charge in [-0.25, -0.2) is 0 Å². The lowest BCUT2D eigenvalue weighted by molar-refractivity contribution is -0.121. The molecule has 0 bridgehead atoms. The number of nitrogens with zero attached hydrogens (tertiary/aromatic N) is 2. The number of carbonyl (C=O) groups excluding carboxylic acids is 1. The number of nitrogens with one attached hydrogen (secondary N) is 1. The number of rotatable bonds is 3. The number of amides is 1. The first-order valence-corrected chi connectivity index (χ1v) is 7.42. The molecule has 1 aliphatic carbocycles. The fraction of sp³-hybridized carbons (Fsp3) is 0.733. The minimum atomic E-state index is 0.104. The maximum absolute atomic E-state index is 12.5. The summed E-state index contributed by atoms with van der Waals surface area (Å²) in [6.45, 7) is 7.45. The standard InChI is InChI=1S/C15H23N3O/c1-4-11-8-12(17-16-11)14(19)18-9-15(6-5-7-15)13(18)10(2)3/h8,10,13H,4-7,9H2,1-3H3,(H,16,17). The van der Waals surface area contributed by atoms with Gasteiger partial charge >= 0.3 is 0 Å². The van der Waals surface area contributed by atoms with Crippen molar-refractivity contribution in [2.24, 2.45) is 11.3 Å². The van der Waals surface area contributed by atoms with Crippen molar-refractivity contribution >= 4 is 5.91 Å². The molecule has 4 nitrogen and oxygen atoms in total. The van der Waals surface area contributed by atoms with Crippen molar-refractivity contribution in [3.05, 3.63) is 17.5 Å². The van der Waals surface area contributed by atoms with Crippen molar-refractivity contribution in [3.8, 4) is 0 Å². The highest BCUT2D eigenvalue weighted by molar-refractivity contribution is 5.93. The first-order valence-electron chi connectivity index (χ1n) is 7.42. The quantitative estimate of drug-likeness (QED) is 0.909. The summed E-state index contributed by atoms with van der Waals surface area (Å²) >= 11 is 0.